The number of rotatable bonds is 7. The summed E-state index contributed by atoms with van der Waals surface area (Å²) in [7, 11) is 0. The summed E-state index contributed by atoms with van der Waals surface area (Å²) in [6.07, 6.45) is 2.75. The summed E-state index contributed by atoms with van der Waals surface area (Å²) in [5, 5.41) is 5.78. The van der Waals surface area contributed by atoms with Crippen LogP contribution in [0.3, 0.4) is 0 Å². The van der Waals surface area contributed by atoms with Crippen molar-refractivity contribution in [3.63, 3.8) is 0 Å². The van der Waals surface area contributed by atoms with Gasteiger partial charge in [0, 0.05) is 24.7 Å². The van der Waals surface area contributed by atoms with E-state index in [1.165, 1.54) is 4.90 Å². The highest BCUT2D eigenvalue weighted by molar-refractivity contribution is 6.04. The number of imide groups is 1. The fourth-order valence-electron chi connectivity index (χ4n) is 4.16. The van der Waals surface area contributed by atoms with Crippen LogP contribution in [0.4, 0.5) is 10.5 Å². The number of hydrogen-bond donors (Lipinski definition) is 2. The molecule has 2 aromatic carbocycles. The SMILES string of the molecule is O=C(Nc1ccccc1)C1CCN(CN2C(=O)N[C@@H](CCc3ccccc3)C2=O)CC1. The zero-order chi connectivity index (χ0) is 21.6. The lowest BCUT2D eigenvalue weighted by atomic mass is 9.96. The molecule has 0 aliphatic carbocycles. The van der Waals surface area contributed by atoms with Gasteiger partial charge in [-0.15, -0.1) is 0 Å². The summed E-state index contributed by atoms with van der Waals surface area (Å²) in [4.78, 5) is 41.0. The zero-order valence-corrected chi connectivity index (χ0v) is 17.5. The summed E-state index contributed by atoms with van der Waals surface area (Å²) in [6, 6.07) is 18.6. The molecule has 4 amide bonds. The number of carbonyl (C=O) groups excluding carboxylic acids is 3. The Morgan fingerprint density at radius 3 is 2.29 bits per heavy atom. The molecule has 2 heterocycles. The molecule has 4 rings (SSSR count). The van der Waals surface area contributed by atoms with Gasteiger partial charge in [-0.1, -0.05) is 48.5 Å². The molecule has 1 atom stereocenters. The highest BCUT2D eigenvalue weighted by atomic mass is 16.2. The van der Waals surface area contributed by atoms with Crippen LogP contribution in [-0.2, 0) is 16.0 Å². The van der Waals surface area contributed by atoms with Gasteiger partial charge in [0.2, 0.25) is 5.91 Å². The van der Waals surface area contributed by atoms with E-state index in [0.717, 1.165) is 17.7 Å². The van der Waals surface area contributed by atoms with Gasteiger partial charge in [0.15, 0.2) is 0 Å². The van der Waals surface area contributed by atoms with Crippen molar-refractivity contribution in [1.82, 2.24) is 15.1 Å². The fraction of sp³-hybridized carbons (Fsp3) is 0.375. The third-order valence-corrected chi connectivity index (χ3v) is 6.01. The molecule has 0 radical (unpaired) electrons. The number of urea groups is 1. The van der Waals surface area contributed by atoms with E-state index >= 15 is 0 Å². The molecule has 0 unspecified atom stereocenters. The molecule has 2 aliphatic rings. The smallest absolute Gasteiger partial charge is 0.325 e. The number of piperidine rings is 1. The van der Waals surface area contributed by atoms with Crippen molar-refractivity contribution in [2.45, 2.75) is 31.7 Å². The molecule has 2 N–H and O–H groups in total. The van der Waals surface area contributed by atoms with Crippen LogP contribution in [0, 0.1) is 5.92 Å². The third-order valence-electron chi connectivity index (χ3n) is 6.01. The number of nitrogens with zero attached hydrogens (tertiary/aromatic N) is 2. The first kappa shape index (κ1) is 21.1. The Balaban J connectivity index is 1.24. The van der Waals surface area contributed by atoms with Crippen LogP contribution in [0.5, 0.6) is 0 Å². The first-order valence-corrected chi connectivity index (χ1v) is 10.8. The zero-order valence-electron chi connectivity index (χ0n) is 17.5. The van der Waals surface area contributed by atoms with Crippen molar-refractivity contribution in [2.75, 3.05) is 25.1 Å². The molecular formula is C24H28N4O3. The van der Waals surface area contributed by atoms with Crippen molar-refractivity contribution in [2.24, 2.45) is 5.92 Å². The van der Waals surface area contributed by atoms with Crippen molar-refractivity contribution in [3.05, 3.63) is 66.2 Å². The summed E-state index contributed by atoms with van der Waals surface area (Å²) in [5.74, 6) is -0.190. The minimum atomic E-state index is -0.470. The largest absolute Gasteiger partial charge is 0.326 e. The Morgan fingerprint density at radius 1 is 0.968 bits per heavy atom. The Hall–Kier alpha value is -3.19. The number of aryl methyl sites for hydroxylation is 1. The standard InChI is InChI=1S/C24H28N4O3/c29-22(25-20-9-5-2-6-10-20)19-13-15-27(16-14-19)17-28-23(30)21(26-24(28)31)12-11-18-7-3-1-4-8-18/h1-10,19,21H,11-17H2,(H,25,29)(H,26,31)/t21-/m0/s1. The summed E-state index contributed by atoms with van der Waals surface area (Å²) >= 11 is 0. The van der Waals surface area contributed by atoms with Gasteiger partial charge < -0.3 is 10.6 Å². The predicted octanol–water partition coefficient (Wildman–Crippen LogP) is 2.85. The number of para-hydroxylation sites is 1. The second-order valence-corrected chi connectivity index (χ2v) is 8.18. The number of anilines is 1. The normalized spacial score (nSPS) is 20.0. The summed E-state index contributed by atoms with van der Waals surface area (Å²) < 4.78 is 0. The molecule has 2 saturated heterocycles. The monoisotopic (exact) mass is 420 g/mol. The molecule has 162 valence electrons. The molecule has 2 aromatic rings. The Labute approximate surface area is 182 Å². The van der Waals surface area contributed by atoms with Crippen molar-refractivity contribution >= 4 is 23.5 Å². The number of benzene rings is 2. The molecule has 0 bridgehead atoms. The first-order chi connectivity index (χ1) is 15.1. The van der Waals surface area contributed by atoms with Gasteiger partial charge in [-0.25, -0.2) is 9.69 Å². The van der Waals surface area contributed by atoms with E-state index in [1.807, 2.05) is 60.7 Å². The van der Waals surface area contributed by atoms with E-state index in [4.69, 9.17) is 0 Å². The topological polar surface area (TPSA) is 81.8 Å². The van der Waals surface area contributed by atoms with E-state index in [1.54, 1.807) is 0 Å². The molecular weight excluding hydrogens is 392 g/mol. The lowest BCUT2D eigenvalue weighted by Gasteiger charge is -2.33. The van der Waals surface area contributed by atoms with Crippen LogP contribution < -0.4 is 10.6 Å². The second-order valence-electron chi connectivity index (χ2n) is 8.18. The van der Waals surface area contributed by atoms with E-state index < -0.39 is 6.04 Å². The lowest BCUT2D eigenvalue weighted by Crippen LogP contribution is -2.46. The average molecular weight is 421 g/mol. The highest BCUT2D eigenvalue weighted by Gasteiger charge is 2.39. The minimum absolute atomic E-state index is 0.0295. The van der Waals surface area contributed by atoms with E-state index in [9.17, 15) is 14.4 Å². The van der Waals surface area contributed by atoms with Crippen molar-refractivity contribution in [3.8, 4) is 0 Å². The lowest BCUT2D eigenvalue weighted by molar-refractivity contribution is -0.130. The van der Waals surface area contributed by atoms with Crippen LogP contribution in [0.15, 0.2) is 60.7 Å². The number of nitrogens with one attached hydrogen (secondary N) is 2. The Morgan fingerprint density at radius 2 is 1.61 bits per heavy atom. The van der Waals surface area contributed by atoms with E-state index in [2.05, 4.69) is 15.5 Å². The fourth-order valence-corrected chi connectivity index (χ4v) is 4.16. The number of amides is 4. The highest BCUT2D eigenvalue weighted by Crippen LogP contribution is 2.21. The Kier molecular flexibility index (Phi) is 6.62. The van der Waals surface area contributed by atoms with E-state index in [-0.39, 0.29) is 30.4 Å². The summed E-state index contributed by atoms with van der Waals surface area (Å²) in [6.45, 7) is 1.64. The summed E-state index contributed by atoms with van der Waals surface area (Å²) in [5.41, 5.74) is 1.95. The van der Waals surface area contributed by atoms with Gasteiger partial charge in [-0.2, -0.15) is 0 Å². The quantitative estimate of drug-likeness (QED) is 0.675. The molecule has 2 aliphatic heterocycles. The molecule has 0 aromatic heterocycles. The molecule has 0 spiro atoms. The van der Waals surface area contributed by atoms with Crippen LogP contribution in [0.25, 0.3) is 0 Å². The Bertz CT molecular complexity index is 911. The van der Waals surface area contributed by atoms with Crippen LogP contribution in [0.2, 0.25) is 0 Å². The van der Waals surface area contributed by atoms with Crippen molar-refractivity contribution < 1.29 is 14.4 Å². The maximum Gasteiger partial charge on any atom is 0.325 e. The van der Waals surface area contributed by atoms with Gasteiger partial charge in [0.1, 0.15) is 6.04 Å². The van der Waals surface area contributed by atoms with Gasteiger partial charge >= 0.3 is 6.03 Å². The van der Waals surface area contributed by atoms with Gasteiger partial charge in [-0.3, -0.25) is 14.5 Å². The third kappa shape index (κ3) is 5.30. The maximum atomic E-state index is 12.7. The van der Waals surface area contributed by atoms with Crippen LogP contribution in [0.1, 0.15) is 24.8 Å². The number of carbonyl (C=O) groups is 3. The molecule has 2 fully saturated rings. The van der Waals surface area contributed by atoms with Crippen LogP contribution in [-0.4, -0.2) is 53.4 Å². The first-order valence-electron chi connectivity index (χ1n) is 10.8. The number of hydrogen-bond acceptors (Lipinski definition) is 4. The minimum Gasteiger partial charge on any atom is -0.326 e. The molecule has 0 saturated carbocycles. The number of likely N-dealkylation sites (tertiary alicyclic amines) is 1. The van der Waals surface area contributed by atoms with Crippen molar-refractivity contribution in [1.29, 1.82) is 0 Å². The second kappa shape index (κ2) is 9.75. The van der Waals surface area contributed by atoms with E-state index in [0.29, 0.717) is 32.4 Å². The van der Waals surface area contributed by atoms with Gasteiger partial charge in [0.25, 0.3) is 5.91 Å². The molecule has 31 heavy (non-hydrogen) atoms. The average Bonchev–Trinajstić information content (AvgIpc) is 3.07. The van der Waals surface area contributed by atoms with Crippen LogP contribution >= 0.6 is 0 Å². The maximum absolute atomic E-state index is 12.7. The van der Waals surface area contributed by atoms with Gasteiger partial charge in [0.05, 0.1) is 6.67 Å². The molecule has 7 heteroatoms. The molecule has 7 nitrogen and oxygen atoms in total. The predicted molar refractivity (Wildman–Crippen MR) is 118 cm³/mol. The van der Waals surface area contributed by atoms with Gasteiger partial charge in [-0.05, 0) is 43.4 Å².